The van der Waals surface area contributed by atoms with Crippen molar-refractivity contribution >= 4 is 29.4 Å². The zero-order chi connectivity index (χ0) is 14.8. The van der Waals surface area contributed by atoms with Crippen molar-refractivity contribution in [2.45, 2.75) is 16.2 Å². The van der Waals surface area contributed by atoms with Gasteiger partial charge in [0.1, 0.15) is 6.04 Å². The maximum absolute atomic E-state index is 12.3. The Morgan fingerprint density at radius 3 is 2.86 bits per heavy atom. The number of carbonyl (C=O) groups is 2. The lowest BCUT2D eigenvalue weighted by Crippen LogP contribution is -2.45. The predicted octanol–water partition coefficient (Wildman–Crippen LogP) is 2.70. The van der Waals surface area contributed by atoms with Gasteiger partial charge < -0.3 is 20.2 Å². The number of para-hydroxylation sites is 1. The topological polar surface area (TPSA) is 91.6 Å². The summed E-state index contributed by atoms with van der Waals surface area (Å²) in [5, 5.41) is 13.6. The minimum Gasteiger partial charge on any atom is -0.472 e. The van der Waals surface area contributed by atoms with Gasteiger partial charge in [0.25, 0.3) is 0 Å². The van der Waals surface area contributed by atoms with Crippen molar-refractivity contribution in [3.8, 4) is 0 Å². The zero-order valence-corrected chi connectivity index (χ0v) is 11.6. The van der Waals surface area contributed by atoms with Crippen LogP contribution in [0, 0.1) is 0 Å². The molecule has 0 unspecified atom stereocenters. The standard InChI is InChI=1S/C14H12N2O4S/c17-13-11(16-14(18)19)12(8-5-6-20-7-8)21-10-4-2-1-3-9(10)15-13/h1-7,11-12,16H,(H,15,17)(H,18,19)/t11-,12-/m1/s1. The molecule has 1 aromatic carbocycles. The summed E-state index contributed by atoms with van der Waals surface area (Å²) in [4.78, 5) is 24.2. The van der Waals surface area contributed by atoms with Gasteiger partial charge in [-0.25, -0.2) is 4.79 Å². The Morgan fingerprint density at radius 2 is 2.14 bits per heavy atom. The largest absolute Gasteiger partial charge is 0.472 e. The molecule has 0 saturated heterocycles. The van der Waals surface area contributed by atoms with Crippen LogP contribution in [0.4, 0.5) is 10.5 Å². The minimum absolute atomic E-state index is 0.388. The summed E-state index contributed by atoms with van der Waals surface area (Å²) in [7, 11) is 0. The van der Waals surface area contributed by atoms with Crippen LogP contribution in [0.1, 0.15) is 10.8 Å². The van der Waals surface area contributed by atoms with Crippen molar-refractivity contribution in [1.29, 1.82) is 0 Å². The molecule has 7 heteroatoms. The Bertz CT molecular complexity index is 671. The van der Waals surface area contributed by atoms with Crippen molar-refractivity contribution in [2.75, 3.05) is 5.32 Å². The molecule has 0 saturated carbocycles. The maximum Gasteiger partial charge on any atom is 0.405 e. The first-order chi connectivity index (χ1) is 10.1. The fourth-order valence-corrected chi connectivity index (χ4v) is 3.47. The summed E-state index contributed by atoms with van der Waals surface area (Å²) in [5.41, 5.74) is 1.43. The molecule has 3 N–H and O–H groups in total. The Labute approximate surface area is 124 Å². The van der Waals surface area contributed by atoms with Crippen LogP contribution < -0.4 is 10.6 Å². The lowest BCUT2D eigenvalue weighted by Gasteiger charge is -2.21. The summed E-state index contributed by atoms with van der Waals surface area (Å²) in [6.07, 6.45) is 1.79. The highest BCUT2D eigenvalue weighted by molar-refractivity contribution is 7.99. The van der Waals surface area contributed by atoms with Crippen molar-refractivity contribution in [3.05, 3.63) is 48.4 Å². The molecule has 0 aliphatic carbocycles. The fraction of sp³-hybridized carbons (Fsp3) is 0.143. The van der Waals surface area contributed by atoms with Crippen LogP contribution in [-0.4, -0.2) is 23.1 Å². The lowest BCUT2D eigenvalue weighted by molar-refractivity contribution is -0.118. The van der Waals surface area contributed by atoms with E-state index in [2.05, 4.69) is 10.6 Å². The molecule has 0 radical (unpaired) electrons. The number of carbonyl (C=O) groups excluding carboxylic acids is 1. The SMILES string of the molecule is O=C(O)N[C@H]1C(=O)Nc2ccccc2S[C@@H]1c1ccoc1. The van der Waals surface area contributed by atoms with Gasteiger partial charge in [0.15, 0.2) is 0 Å². The molecule has 3 rings (SSSR count). The van der Waals surface area contributed by atoms with Gasteiger partial charge in [-0.15, -0.1) is 11.8 Å². The molecule has 6 nitrogen and oxygen atoms in total. The summed E-state index contributed by atoms with van der Waals surface area (Å²) < 4.78 is 5.06. The number of carboxylic acid groups (broad SMARTS) is 1. The molecule has 2 aromatic rings. The third-order valence-corrected chi connectivity index (χ3v) is 4.54. The van der Waals surface area contributed by atoms with E-state index in [1.165, 1.54) is 24.3 Å². The van der Waals surface area contributed by atoms with Crippen molar-refractivity contribution in [2.24, 2.45) is 0 Å². The maximum atomic E-state index is 12.3. The van der Waals surface area contributed by atoms with Crippen LogP contribution in [0.15, 0.2) is 52.2 Å². The average molecular weight is 304 g/mol. The van der Waals surface area contributed by atoms with Gasteiger partial charge in [-0.2, -0.15) is 0 Å². The zero-order valence-electron chi connectivity index (χ0n) is 10.8. The molecule has 1 aromatic heterocycles. The first-order valence-electron chi connectivity index (χ1n) is 6.23. The van der Waals surface area contributed by atoms with E-state index in [0.29, 0.717) is 5.69 Å². The van der Waals surface area contributed by atoms with E-state index >= 15 is 0 Å². The predicted molar refractivity (Wildman–Crippen MR) is 77.3 cm³/mol. The molecule has 2 amide bonds. The fourth-order valence-electron chi connectivity index (χ4n) is 2.20. The summed E-state index contributed by atoms with van der Waals surface area (Å²) in [6.45, 7) is 0. The van der Waals surface area contributed by atoms with E-state index in [0.717, 1.165) is 10.5 Å². The Hall–Kier alpha value is -2.41. The molecule has 1 aliphatic heterocycles. The van der Waals surface area contributed by atoms with Crippen molar-refractivity contribution < 1.29 is 19.1 Å². The second-order valence-corrected chi connectivity index (χ2v) is 5.69. The third kappa shape index (κ3) is 2.73. The van der Waals surface area contributed by atoms with Gasteiger partial charge in [-0.1, -0.05) is 12.1 Å². The van der Waals surface area contributed by atoms with E-state index in [9.17, 15) is 9.59 Å². The summed E-state index contributed by atoms with van der Waals surface area (Å²) in [5.74, 6) is -0.388. The smallest absolute Gasteiger partial charge is 0.405 e. The number of amides is 2. The molecule has 108 valence electrons. The highest BCUT2D eigenvalue weighted by Crippen LogP contribution is 2.43. The number of benzene rings is 1. The van der Waals surface area contributed by atoms with Crippen molar-refractivity contribution in [3.63, 3.8) is 0 Å². The molecule has 0 fully saturated rings. The van der Waals surface area contributed by atoms with Gasteiger partial charge >= 0.3 is 6.09 Å². The molecule has 2 atom stereocenters. The molecule has 2 heterocycles. The second-order valence-electron chi connectivity index (χ2n) is 4.51. The summed E-state index contributed by atoms with van der Waals surface area (Å²) >= 11 is 1.42. The van der Waals surface area contributed by atoms with Gasteiger partial charge in [0.05, 0.1) is 23.5 Å². The van der Waals surface area contributed by atoms with Crippen LogP contribution in [-0.2, 0) is 4.79 Å². The molecule has 0 spiro atoms. The number of thioether (sulfide) groups is 1. The van der Waals surface area contributed by atoms with Crippen LogP contribution in [0.2, 0.25) is 0 Å². The van der Waals surface area contributed by atoms with Crippen LogP contribution in [0.3, 0.4) is 0 Å². The number of hydrogen-bond acceptors (Lipinski definition) is 4. The highest BCUT2D eigenvalue weighted by Gasteiger charge is 2.35. The Balaban J connectivity index is 2.03. The number of anilines is 1. The minimum atomic E-state index is -1.24. The summed E-state index contributed by atoms with van der Waals surface area (Å²) in [6, 6.07) is 8.19. The normalized spacial score (nSPS) is 21.0. The van der Waals surface area contributed by atoms with Crippen LogP contribution in [0.5, 0.6) is 0 Å². The van der Waals surface area contributed by atoms with E-state index in [-0.39, 0.29) is 5.91 Å². The van der Waals surface area contributed by atoms with E-state index in [4.69, 9.17) is 9.52 Å². The van der Waals surface area contributed by atoms with E-state index in [1.807, 2.05) is 18.2 Å². The number of hydrogen-bond donors (Lipinski definition) is 3. The van der Waals surface area contributed by atoms with Gasteiger partial charge in [-0.05, 0) is 18.2 Å². The molecular formula is C14H12N2O4S. The molecule has 0 bridgehead atoms. The monoisotopic (exact) mass is 304 g/mol. The number of fused-ring (bicyclic) bond motifs is 1. The van der Waals surface area contributed by atoms with E-state index < -0.39 is 17.4 Å². The number of rotatable bonds is 2. The highest BCUT2D eigenvalue weighted by atomic mass is 32.2. The second kappa shape index (κ2) is 5.53. The average Bonchev–Trinajstić information content (AvgIpc) is 2.93. The van der Waals surface area contributed by atoms with E-state index in [1.54, 1.807) is 12.1 Å². The van der Waals surface area contributed by atoms with Gasteiger partial charge in [0, 0.05) is 10.5 Å². The molecular weight excluding hydrogens is 292 g/mol. The first kappa shape index (κ1) is 13.6. The van der Waals surface area contributed by atoms with Crippen LogP contribution in [0.25, 0.3) is 0 Å². The Kier molecular flexibility index (Phi) is 3.57. The third-order valence-electron chi connectivity index (χ3n) is 3.13. The number of furan rings is 1. The number of nitrogens with one attached hydrogen (secondary N) is 2. The lowest BCUT2D eigenvalue weighted by atomic mass is 10.1. The van der Waals surface area contributed by atoms with Gasteiger partial charge in [0.2, 0.25) is 5.91 Å². The van der Waals surface area contributed by atoms with Gasteiger partial charge in [-0.3, -0.25) is 4.79 Å². The van der Waals surface area contributed by atoms with Crippen molar-refractivity contribution in [1.82, 2.24) is 5.32 Å². The molecule has 21 heavy (non-hydrogen) atoms. The van der Waals surface area contributed by atoms with Crippen LogP contribution >= 0.6 is 11.8 Å². The quantitative estimate of drug-likeness (QED) is 0.793. The Morgan fingerprint density at radius 1 is 1.33 bits per heavy atom. The first-order valence-corrected chi connectivity index (χ1v) is 7.11. The molecule has 1 aliphatic rings.